The molecule has 0 spiro atoms. The van der Waals surface area contributed by atoms with E-state index in [2.05, 4.69) is 22.8 Å². The first-order chi connectivity index (χ1) is 12.2. The summed E-state index contributed by atoms with van der Waals surface area (Å²) < 4.78 is 0. The lowest BCUT2D eigenvalue weighted by atomic mass is 10.1. The van der Waals surface area contributed by atoms with Gasteiger partial charge in [-0.15, -0.1) is 12.4 Å². The third-order valence-corrected chi connectivity index (χ3v) is 4.09. The van der Waals surface area contributed by atoms with E-state index < -0.39 is 0 Å². The Balaban J connectivity index is 0.00000196. The van der Waals surface area contributed by atoms with Crippen LogP contribution in [0.15, 0.2) is 72.8 Å². The number of fused-ring (bicyclic) bond motifs is 2. The molecule has 5 heteroatoms. The first-order valence-corrected chi connectivity index (χ1v) is 8.13. The minimum absolute atomic E-state index is 0. The molecule has 0 unspecified atom stereocenters. The molecule has 26 heavy (non-hydrogen) atoms. The number of halogens is 1. The van der Waals surface area contributed by atoms with Crippen molar-refractivity contribution >= 4 is 57.2 Å². The van der Waals surface area contributed by atoms with Crippen molar-refractivity contribution in [1.82, 2.24) is 4.98 Å². The molecule has 0 radical (unpaired) electrons. The maximum absolute atomic E-state index is 11.5. The molecule has 0 bridgehead atoms. The van der Waals surface area contributed by atoms with Crippen molar-refractivity contribution in [2.45, 2.75) is 6.92 Å². The molecule has 0 saturated heterocycles. The van der Waals surface area contributed by atoms with Crippen molar-refractivity contribution in [3.63, 3.8) is 0 Å². The van der Waals surface area contributed by atoms with E-state index in [9.17, 15) is 4.79 Å². The molecule has 2 N–H and O–H groups in total. The predicted molar refractivity (Wildman–Crippen MR) is 111 cm³/mol. The molecule has 0 fully saturated rings. The lowest BCUT2D eigenvalue weighted by Gasteiger charge is -2.16. The molecular formula is C21H18ClN3O. The standard InChI is InChI=1S/C21H17N3O.ClH/c1-14(25)22-19-12-6-7-13-20(19)24-21-15-8-2-4-10-17(15)23-18-11-5-3-9-16(18)21;/h2-13H,1H3,(H,22,25)(H,23,24);1H. The Labute approximate surface area is 157 Å². The Hall–Kier alpha value is -3.11. The number of carbonyl (C=O) groups excluding carboxylic acids is 1. The summed E-state index contributed by atoms with van der Waals surface area (Å²) in [7, 11) is 0. The third kappa shape index (κ3) is 3.32. The SMILES string of the molecule is CC(=O)Nc1ccccc1Nc1c2ccccc2nc2ccccc12.Cl. The zero-order valence-corrected chi connectivity index (χ0v) is 15.0. The normalized spacial score (nSPS) is 10.3. The van der Waals surface area contributed by atoms with Gasteiger partial charge in [0.1, 0.15) is 0 Å². The molecule has 0 saturated carbocycles. The summed E-state index contributed by atoms with van der Waals surface area (Å²) in [6, 6.07) is 23.8. The quantitative estimate of drug-likeness (QED) is 0.472. The number of rotatable bonds is 3. The van der Waals surface area contributed by atoms with Gasteiger partial charge in [0.05, 0.1) is 28.1 Å². The fourth-order valence-corrected chi connectivity index (χ4v) is 3.00. The van der Waals surface area contributed by atoms with Gasteiger partial charge in [-0.2, -0.15) is 0 Å². The number of carbonyl (C=O) groups is 1. The minimum Gasteiger partial charge on any atom is -0.353 e. The second kappa shape index (κ2) is 7.42. The van der Waals surface area contributed by atoms with Crippen LogP contribution in [0.25, 0.3) is 21.8 Å². The number of pyridine rings is 1. The second-order valence-electron chi connectivity index (χ2n) is 5.87. The van der Waals surface area contributed by atoms with Crippen molar-refractivity contribution in [3.8, 4) is 0 Å². The second-order valence-corrected chi connectivity index (χ2v) is 5.87. The van der Waals surface area contributed by atoms with E-state index >= 15 is 0 Å². The number of hydrogen-bond acceptors (Lipinski definition) is 3. The van der Waals surface area contributed by atoms with Gasteiger partial charge in [0.2, 0.25) is 5.91 Å². The summed E-state index contributed by atoms with van der Waals surface area (Å²) >= 11 is 0. The van der Waals surface area contributed by atoms with Crippen molar-refractivity contribution in [2.24, 2.45) is 0 Å². The van der Waals surface area contributed by atoms with E-state index in [-0.39, 0.29) is 18.3 Å². The molecular weight excluding hydrogens is 346 g/mol. The number of benzene rings is 3. The largest absolute Gasteiger partial charge is 0.353 e. The van der Waals surface area contributed by atoms with Crippen LogP contribution in [0.1, 0.15) is 6.92 Å². The van der Waals surface area contributed by atoms with Crippen LogP contribution in [0.3, 0.4) is 0 Å². The topological polar surface area (TPSA) is 54.0 Å². The van der Waals surface area contributed by atoms with Gasteiger partial charge < -0.3 is 10.6 Å². The molecule has 1 aromatic heterocycles. The first kappa shape index (κ1) is 17.7. The van der Waals surface area contributed by atoms with Crippen LogP contribution in [0.5, 0.6) is 0 Å². The molecule has 4 nitrogen and oxygen atoms in total. The van der Waals surface area contributed by atoms with Crippen LogP contribution < -0.4 is 10.6 Å². The van der Waals surface area contributed by atoms with Crippen LogP contribution in [0, 0.1) is 0 Å². The Kier molecular flexibility index (Phi) is 5.05. The van der Waals surface area contributed by atoms with Gasteiger partial charge >= 0.3 is 0 Å². The maximum Gasteiger partial charge on any atom is 0.221 e. The van der Waals surface area contributed by atoms with Crippen LogP contribution in [-0.4, -0.2) is 10.9 Å². The summed E-state index contributed by atoms with van der Waals surface area (Å²) in [6.45, 7) is 1.51. The lowest BCUT2D eigenvalue weighted by molar-refractivity contribution is -0.114. The molecule has 130 valence electrons. The fourth-order valence-electron chi connectivity index (χ4n) is 3.00. The maximum atomic E-state index is 11.5. The molecule has 0 aliphatic carbocycles. The van der Waals surface area contributed by atoms with Crippen LogP contribution >= 0.6 is 12.4 Å². The van der Waals surface area contributed by atoms with Crippen LogP contribution in [0.2, 0.25) is 0 Å². The summed E-state index contributed by atoms with van der Waals surface area (Å²) in [5, 5.41) is 8.46. The fraction of sp³-hybridized carbons (Fsp3) is 0.0476. The Morgan fingerprint density at radius 1 is 0.769 bits per heavy atom. The zero-order chi connectivity index (χ0) is 17.2. The van der Waals surface area contributed by atoms with E-state index in [1.165, 1.54) is 6.92 Å². The Morgan fingerprint density at radius 2 is 1.27 bits per heavy atom. The number of anilines is 3. The lowest BCUT2D eigenvalue weighted by Crippen LogP contribution is -2.08. The number of para-hydroxylation sites is 4. The van der Waals surface area contributed by atoms with Gasteiger partial charge in [-0.25, -0.2) is 4.98 Å². The van der Waals surface area contributed by atoms with Crippen molar-refractivity contribution in [1.29, 1.82) is 0 Å². The van der Waals surface area contributed by atoms with Gasteiger partial charge in [0.25, 0.3) is 0 Å². The number of nitrogens with one attached hydrogen (secondary N) is 2. The highest BCUT2D eigenvalue weighted by atomic mass is 35.5. The van der Waals surface area contributed by atoms with Gasteiger partial charge in [-0.3, -0.25) is 4.79 Å². The molecule has 1 amide bonds. The van der Waals surface area contributed by atoms with Gasteiger partial charge in [0, 0.05) is 17.7 Å². The first-order valence-electron chi connectivity index (χ1n) is 8.13. The highest BCUT2D eigenvalue weighted by Crippen LogP contribution is 2.35. The Morgan fingerprint density at radius 3 is 1.85 bits per heavy atom. The van der Waals surface area contributed by atoms with Crippen LogP contribution in [-0.2, 0) is 4.79 Å². The van der Waals surface area contributed by atoms with E-state index in [0.29, 0.717) is 0 Å². The molecule has 0 aliphatic heterocycles. The van der Waals surface area contributed by atoms with Crippen molar-refractivity contribution in [3.05, 3.63) is 72.8 Å². The number of amides is 1. The minimum atomic E-state index is -0.0984. The van der Waals surface area contributed by atoms with E-state index in [1.807, 2.05) is 60.7 Å². The summed E-state index contributed by atoms with van der Waals surface area (Å²) in [6.07, 6.45) is 0. The highest BCUT2D eigenvalue weighted by Gasteiger charge is 2.11. The molecule has 4 rings (SSSR count). The monoisotopic (exact) mass is 363 g/mol. The summed E-state index contributed by atoms with van der Waals surface area (Å²) in [5.41, 5.74) is 4.44. The van der Waals surface area contributed by atoms with Gasteiger partial charge in [-0.1, -0.05) is 48.5 Å². The molecule has 1 heterocycles. The number of aromatic nitrogens is 1. The summed E-state index contributed by atoms with van der Waals surface area (Å²) in [4.78, 5) is 16.2. The van der Waals surface area contributed by atoms with Crippen molar-refractivity contribution in [2.75, 3.05) is 10.6 Å². The molecule has 0 atom stereocenters. The van der Waals surface area contributed by atoms with E-state index in [4.69, 9.17) is 4.98 Å². The van der Waals surface area contributed by atoms with Gasteiger partial charge in [-0.05, 0) is 24.3 Å². The van der Waals surface area contributed by atoms with Gasteiger partial charge in [0.15, 0.2) is 0 Å². The van der Waals surface area contributed by atoms with E-state index in [0.717, 1.165) is 38.9 Å². The number of nitrogens with zero attached hydrogens (tertiary/aromatic N) is 1. The van der Waals surface area contributed by atoms with Crippen molar-refractivity contribution < 1.29 is 4.79 Å². The van der Waals surface area contributed by atoms with E-state index in [1.54, 1.807) is 0 Å². The average Bonchev–Trinajstić information content (AvgIpc) is 2.62. The zero-order valence-electron chi connectivity index (χ0n) is 14.2. The highest BCUT2D eigenvalue weighted by molar-refractivity contribution is 6.09. The summed E-state index contributed by atoms with van der Waals surface area (Å²) in [5.74, 6) is -0.0984. The predicted octanol–water partition coefficient (Wildman–Crippen LogP) is 5.51. The third-order valence-electron chi connectivity index (χ3n) is 4.09. The molecule has 0 aliphatic rings. The van der Waals surface area contributed by atoms with Crippen LogP contribution in [0.4, 0.5) is 17.1 Å². The molecule has 3 aromatic carbocycles. The number of hydrogen-bond donors (Lipinski definition) is 2. The average molecular weight is 364 g/mol. The Bertz CT molecular complexity index is 1040. The smallest absolute Gasteiger partial charge is 0.221 e. The molecule has 4 aromatic rings.